The SMILES string of the molecule is C#CCCOCC(COCCC=C)OP(=O)(Cl)Cl. The van der Waals surface area contributed by atoms with Crippen LogP contribution in [0.15, 0.2) is 12.7 Å². The standard InChI is InChI=1S/C11H17Cl2O4P/c1-3-5-7-15-9-11(17-18(12,13)14)10-16-8-6-4-2/h1,4,11H,2,5-10H2. The molecule has 0 amide bonds. The van der Waals surface area contributed by atoms with Crippen molar-refractivity contribution in [3.8, 4) is 12.3 Å². The monoisotopic (exact) mass is 314 g/mol. The van der Waals surface area contributed by atoms with Crippen LogP contribution in [0.4, 0.5) is 0 Å². The second kappa shape index (κ2) is 10.9. The molecule has 1 atom stereocenters. The molecule has 104 valence electrons. The van der Waals surface area contributed by atoms with Crippen LogP contribution < -0.4 is 0 Å². The minimum Gasteiger partial charge on any atom is -0.378 e. The zero-order chi connectivity index (χ0) is 13.9. The van der Waals surface area contributed by atoms with Gasteiger partial charge in [0.25, 0.3) is 0 Å². The third kappa shape index (κ3) is 12.4. The van der Waals surface area contributed by atoms with Gasteiger partial charge in [0.05, 0.1) is 26.4 Å². The van der Waals surface area contributed by atoms with Gasteiger partial charge in [-0.25, -0.2) is 0 Å². The van der Waals surface area contributed by atoms with Crippen molar-refractivity contribution in [1.29, 1.82) is 0 Å². The fraction of sp³-hybridized carbons (Fsp3) is 0.636. The molecule has 0 saturated carbocycles. The summed E-state index contributed by atoms with van der Waals surface area (Å²) >= 11 is 10.7. The van der Waals surface area contributed by atoms with Gasteiger partial charge in [-0.2, -0.15) is 0 Å². The van der Waals surface area contributed by atoms with Crippen LogP contribution in [-0.2, 0) is 18.6 Å². The highest BCUT2D eigenvalue weighted by molar-refractivity contribution is 8.05. The molecular weight excluding hydrogens is 298 g/mol. The van der Waals surface area contributed by atoms with Gasteiger partial charge in [0.2, 0.25) is 0 Å². The molecule has 4 nitrogen and oxygen atoms in total. The Bertz CT molecular complexity index is 311. The average Bonchev–Trinajstić information content (AvgIpc) is 2.28. The Balaban J connectivity index is 3.96. The van der Waals surface area contributed by atoms with E-state index in [1.54, 1.807) is 6.08 Å². The van der Waals surface area contributed by atoms with Crippen LogP contribution in [0.25, 0.3) is 0 Å². The number of hydrogen-bond donors (Lipinski definition) is 0. The van der Waals surface area contributed by atoms with E-state index in [1.165, 1.54) is 0 Å². The molecule has 0 aromatic rings. The minimum atomic E-state index is -3.61. The lowest BCUT2D eigenvalue weighted by atomic mass is 10.4. The molecule has 1 unspecified atom stereocenters. The highest BCUT2D eigenvalue weighted by Gasteiger charge is 2.22. The van der Waals surface area contributed by atoms with E-state index in [0.29, 0.717) is 26.1 Å². The van der Waals surface area contributed by atoms with Gasteiger partial charge in [-0.05, 0) is 28.9 Å². The molecule has 0 heterocycles. The second-order valence-corrected chi connectivity index (χ2v) is 7.55. The summed E-state index contributed by atoms with van der Waals surface area (Å²) < 4.78 is 26.6. The van der Waals surface area contributed by atoms with Gasteiger partial charge in [-0.3, -0.25) is 9.09 Å². The molecular formula is C11H17Cl2O4P. The molecule has 0 radical (unpaired) electrons. The average molecular weight is 315 g/mol. The molecule has 0 aromatic carbocycles. The Morgan fingerprint density at radius 1 is 1.33 bits per heavy atom. The lowest BCUT2D eigenvalue weighted by molar-refractivity contribution is -0.000157. The van der Waals surface area contributed by atoms with Crippen molar-refractivity contribution < 1.29 is 18.6 Å². The maximum absolute atomic E-state index is 11.2. The topological polar surface area (TPSA) is 44.8 Å². The summed E-state index contributed by atoms with van der Waals surface area (Å²) in [5, 5.41) is 0. The fourth-order valence-corrected chi connectivity index (χ4v) is 2.15. The van der Waals surface area contributed by atoms with Crippen LogP contribution in [0, 0.1) is 12.3 Å². The van der Waals surface area contributed by atoms with Gasteiger partial charge in [-0.1, -0.05) is 6.08 Å². The summed E-state index contributed by atoms with van der Waals surface area (Å²) in [5.74, 6) is 2.43. The zero-order valence-corrected chi connectivity index (χ0v) is 12.4. The van der Waals surface area contributed by atoms with Gasteiger partial charge in [-0.15, -0.1) is 18.9 Å². The van der Waals surface area contributed by atoms with E-state index in [9.17, 15) is 4.57 Å². The van der Waals surface area contributed by atoms with E-state index in [-0.39, 0.29) is 13.2 Å². The van der Waals surface area contributed by atoms with Gasteiger partial charge < -0.3 is 9.47 Å². The Kier molecular flexibility index (Phi) is 10.9. The van der Waals surface area contributed by atoms with E-state index < -0.39 is 12.2 Å². The molecule has 0 N–H and O–H groups in total. The summed E-state index contributed by atoms with van der Waals surface area (Å²) in [7, 11) is 0. The summed E-state index contributed by atoms with van der Waals surface area (Å²) in [6.45, 7) is 4.79. The first kappa shape index (κ1) is 18.0. The predicted octanol–water partition coefficient (Wildman–Crippen LogP) is 3.59. The molecule has 0 spiro atoms. The van der Waals surface area contributed by atoms with E-state index >= 15 is 0 Å². The fourth-order valence-electron chi connectivity index (χ4n) is 1.01. The maximum atomic E-state index is 11.2. The molecule has 0 bridgehead atoms. The molecule has 0 fully saturated rings. The van der Waals surface area contributed by atoms with Crippen molar-refractivity contribution in [3.63, 3.8) is 0 Å². The molecule has 7 heteroatoms. The third-order valence-corrected chi connectivity index (χ3v) is 2.76. The number of ether oxygens (including phenoxy) is 2. The summed E-state index contributed by atoms with van der Waals surface area (Å²) in [6.07, 6.45) is 3.81. The Hall–Kier alpha value is -0.0100. The quantitative estimate of drug-likeness (QED) is 0.253. The van der Waals surface area contributed by atoms with Crippen LogP contribution in [0.2, 0.25) is 0 Å². The summed E-state index contributed by atoms with van der Waals surface area (Å²) in [6, 6.07) is 0. The highest BCUT2D eigenvalue weighted by Crippen LogP contribution is 2.58. The van der Waals surface area contributed by atoms with Crippen molar-refractivity contribution in [2.45, 2.75) is 18.9 Å². The molecule has 0 aliphatic rings. The normalized spacial score (nSPS) is 12.9. The largest absolute Gasteiger partial charge is 0.380 e. The van der Waals surface area contributed by atoms with Crippen molar-refractivity contribution >= 4 is 28.6 Å². The van der Waals surface area contributed by atoms with E-state index in [2.05, 4.69) is 12.5 Å². The Morgan fingerprint density at radius 2 is 1.94 bits per heavy atom. The number of rotatable bonds is 11. The number of halogens is 2. The molecule has 0 aromatic heterocycles. The lowest BCUT2D eigenvalue weighted by Gasteiger charge is -2.18. The summed E-state index contributed by atoms with van der Waals surface area (Å²) in [5.41, 5.74) is 0. The smallest absolute Gasteiger partial charge is 0.378 e. The number of terminal acetylenes is 1. The zero-order valence-electron chi connectivity index (χ0n) is 10.0. The molecule has 0 aliphatic heterocycles. The van der Waals surface area contributed by atoms with Crippen LogP contribution in [0.3, 0.4) is 0 Å². The van der Waals surface area contributed by atoms with Crippen molar-refractivity contribution in [1.82, 2.24) is 0 Å². The predicted molar refractivity (Wildman–Crippen MR) is 74.1 cm³/mol. The number of hydrogen-bond acceptors (Lipinski definition) is 4. The molecule has 0 saturated heterocycles. The minimum absolute atomic E-state index is 0.166. The first-order valence-corrected chi connectivity index (χ1v) is 8.80. The van der Waals surface area contributed by atoms with Gasteiger partial charge in [0, 0.05) is 6.42 Å². The van der Waals surface area contributed by atoms with Crippen LogP contribution in [0.5, 0.6) is 0 Å². The highest BCUT2D eigenvalue weighted by atomic mass is 35.9. The Labute approximate surface area is 118 Å². The first-order chi connectivity index (χ1) is 8.49. The van der Waals surface area contributed by atoms with E-state index in [4.69, 9.17) is 42.9 Å². The summed E-state index contributed by atoms with van der Waals surface area (Å²) in [4.78, 5) is 0. The Morgan fingerprint density at radius 3 is 2.44 bits per heavy atom. The lowest BCUT2D eigenvalue weighted by Crippen LogP contribution is -2.24. The molecule has 0 rings (SSSR count). The van der Waals surface area contributed by atoms with Crippen LogP contribution >= 0.6 is 28.6 Å². The van der Waals surface area contributed by atoms with Crippen LogP contribution in [-0.4, -0.2) is 32.5 Å². The second-order valence-electron chi connectivity index (χ2n) is 3.32. The molecule has 18 heavy (non-hydrogen) atoms. The van der Waals surface area contributed by atoms with Gasteiger partial charge in [0.15, 0.2) is 0 Å². The van der Waals surface area contributed by atoms with Crippen molar-refractivity contribution in [2.75, 3.05) is 26.4 Å². The van der Waals surface area contributed by atoms with Crippen molar-refractivity contribution in [2.24, 2.45) is 0 Å². The third-order valence-electron chi connectivity index (χ3n) is 1.74. The van der Waals surface area contributed by atoms with Crippen molar-refractivity contribution in [3.05, 3.63) is 12.7 Å². The van der Waals surface area contributed by atoms with Gasteiger partial charge in [0.1, 0.15) is 6.10 Å². The molecule has 0 aliphatic carbocycles. The van der Waals surface area contributed by atoms with E-state index in [1.807, 2.05) is 0 Å². The first-order valence-electron chi connectivity index (χ1n) is 5.37. The van der Waals surface area contributed by atoms with E-state index in [0.717, 1.165) is 0 Å². The van der Waals surface area contributed by atoms with Crippen LogP contribution in [0.1, 0.15) is 12.8 Å². The van der Waals surface area contributed by atoms with Gasteiger partial charge >= 0.3 is 6.07 Å². The maximum Gasteiger partial charge on any atom is 0.380 e.